The zero-order valence-corrected chi connectivity index (χ0v) is 13.6. The molecule has 21 heavy (non-hydrogen) atoms. The van der Waals surface area contributed by atoms with Crippen LogP contribution in [-0.4, -0.2) is 31.8 Å². The lowest BCUT2D eigenvalue weighted by atomic mass is 10.0. The molecule has 0 aliphatic carbocycles. The third kappa shape index (κ3) is 5.47. The van der Waals surface area contributed by atoms with Crippen LogP contribution in [0.2, 0.25) is 0 Å². The van der Waals surface area contributed by atoms with Crippen LogP contribution in [0, 0.1) is 5.92 Å². The van der Waals surface area contributed by atoms with E-state index in [1.54, 1.807) is 24.3 Å². The molecule has 0 saturated carbocycles. The topological polar surface area (TPSA) is 83.5 Å². The van der Waals surface area contributed by atoms with E-state index in [0.717, 1.165) is 11.8 Å². The fraction of sp³-hybridized carbons (Fsp3) is 0.533. The summed E-state index contributed by atoms with van der Waals surface area (Å²) >= 11 is 0. The quantitative estimate of drug-likeness (QED) is 0.806. The minimum Gasteiger partial charge on any atom is -0.480 e. The number of sulfone groups is 1. The van der Waals surface area contributed by atoms with Gasteiger partial charge < -0.3 is 5.11 Å². The third-order valence-electron chi connectivity index (χ3n) is 3.26. The predicted molar refractivity (Wildman–Crippen MR) is 82.0 cm³/mol. The summed E-state index contributed by atoms with van der Waals surface area (Å²) in [6.45, 7) is 5.82. The van der Waals surface area contributed by atoms with E-state index in [9.17, 15) is 18.3 Å². The summed E-state index contributed by atoms with van der Waals surface area (Å²) in [5.74, 6) is -0.596. The molecule has 0 aromatic heterocycles. The van der Waals surface area contributed by atoms with Crippen LogP contribution >= 0.6 is 0 Å². The molecule has 1 rings (SSSR count). The van der Waals surface area contributed by atoms with Gasteiger partial charge in [-0.05, 0) is 37.0 Å². The molecule has 0 spiro atoms. The Morgan fingerprint density at radius 3 is 2.10 bits per heavy atom. The number of aliphatic carboxylic acids is 1. The van der Waals surface area contributed by atoms with Crippen LogP contribution in [-0.2, 0) is 14.6 Å². The van der Waals surface area contributed by atoms with Gasteiger partial charge in [0, 0.05) is 12.3 Å². The van der Waals surface area contributed by atoms with Crippen molar-refractivity contribution in [1.82, 2.24) is 5.32 Å². The Labute approximate surface area is 126 Å². The van der Waals surface area contributed by atoms with Gasteiger partial charge in [0.2, 0.25) is 0 Å². The van der Waals surface area contributed by atoms with E-state index >= 15 is 0 Å². The second kappa shape index (κ2) is 7.04. The van der Waals surface area contributed by atoms with Crippen molar-refractivity contribution in [2.75, 3.05) is 6.26 Å². The second-order valence-corrected chi connectivity index (χ2v) is 7.77. The van der Waals surface area contributed by atoms with Gasteiger partial charge in [0.15, 0.2) is 9.84 Å². The van der Waals surface area contributed by atoms with Crippen LogP contribution in [0.25, 0.3) is 0 Å². The van der Waals surface area contributed by atoms with Crippen molar-refractivity contribution in [2.45, 2.75) is 44.2 Å². The first kappa shape index (κ1) is 17.7. The maximum absolute atomic E-state index is 11.4. The lowest BCUT2D eigenvalue weighted by Gasteiger charge is -2.22. The van der Waals surface area contributed by atoms with E-state index in [4.69, 9.17) is 0 Å². The summed E-state index contributed by atoms with van der Waals surface area (Å²) < 4.78 is 22.8. The normalized spacial score (nSPS) is 14.9. The summed E-state index contributed by atoms with van der Waals surface area (Å²) in [5.41, 5.74) is 0.859. The molecule has 2 N–H and O–H groups in total. The SMILES string of the molecule is CC(C)CC(NC(C)c1ccc(S(C)(=O)=O)cc1)C(=O)O. The number of hydrogen-bond acceptors (Lipinski definition) is 4. The molecule has 1 aromatic rings. The summed E-state index contributed by atoms with van der Waals surface area (Å²) in [6.07, 6.45) is 1.70. The van der Waals surface area contributed by atoms with Crippen LogP contribution in [0.15, 0.2) is 29.2 Å². The van der Waals surface area contributed by atoms with E-state index < -0.39 is 21.8 Å². The van der Waals surface area contributed by atoms with Gasteiger partial charge in [0.1, 0.15) is 6.04 Å². The van der Waals surface area contributed by atoms with E-state index in [1.807, 2.05) is 20.8 Å². The Morgan fingerprint density at radius 2 is 1.71 bits per heavy atom. The second-order valence-electron chi connectivity index (χ2n) is 5.75. The van der Waals surface area contributed by atoms with Gasteiger partial charge in [-0.25, -0.2) is 8.42 Å². The van der Waals surface area contributed by atoms with Gasteiger partial charge in [-0.1, -0.05) is 26.0 Å². The maximum Gasteiger partial charge on any atom is 0.320 e. The molecule has 0 fully saturated rings. The number of rotatable bonds is 7. The van der Waals surface area contributed by atoms with Crippen molar-refractivity contribution in [3.05, 3.63) is 29.8 Å². The molecule has 0 bridgehead atoms. The number of benzene rings is 1. The van der Waals surface area contributed by atoms with Crippen LogP contribution in [0.5, 0.6) is 0 Å². The first-order valence-corrected chi connectivity index (χ1v) is 8.79. The van der Waals surface area contributed by atoms with E-state index in [1.165, 1.54) is 0 Å². The summed E-state index contributed by atoms with van der Waals surface area (Å²) in [5, 5.41) is 12.3. The summed E-state index contributed by atoms with van der Waals surface area (Å²) in [4.78, 5) is 11.5. The summed E-state index contributed by atoms with van der Waals surface area (Å²) in [7, 11) is -3.21. The highest BCUT2D eigenvalue weighted by molar-refractivity contribution is 7.90. The van der Waals surface area contributed by atoms with Gasteiger partial charge in [0.25, 0.3) is 0 Å². The van der Waals surface area contributed by atoms with Crippen molar-refractivity contribution in [3.63, 3.8) is 0 Å². The minimum absolute atomic E-state index is 0.168. The zero-order valence-electron chi connectivity index (χ0n) is 12.8. The number of nitrogens with one attached hydrogen (secondary N) is 1. The fourth-order valence-corrected chi connectivity index (χ4v) is 2.74. The molecule has 5 nitrogen and oxygen atoms in total. The molecule has 0 aliphatic rings. The van der Waals surface area contributed by atoms with Crippen LogP contribution in [0.3, 0.4) is 0 Å². The average Bonchev–Trinajstić information content (AvgIpc) is 2.36. The summed E-state index contributed by atoms with van der Waals surface area (Å²) in [6, 6.07) is 5.72. The molecule has 0 aliphatic heterocycles. The smallest absolute Gasteiger partial charge is 0.320 e. The standard InChI is InChI=1S/C15H23NO4S/c1-10(2)9-14(15(17)18)16-11(3)12-5-7-13(8-6-12)21(4,19)20/h5-8,10-11,14,16H,9H2,1-4H3,(H,17,18). The molecule has 118 valence electrons. The van der Waals surface area contributed by atoms with Crippen molar-refractivity contribution >= 4 is 15.8 Å². The monoisotopic (exact) mass is 313 g/mol. The number of carbonyl (C=O) groups is 1. The van der Waals surface area contributed by atoms with Gasteiger partial charge in [-0.2, -0.15) is 0 Å². The fourth-order valence-electron chi connectivity index (χ4n) is 2.11. The van der Waals surface area contributed by atoms with Gasteiger partial charge >= 0.3 is 5.97 Å². The van der Waals surface area contributed by atoms with E-state index in [-0.39, 0.29) is 16.9 Å². The Balaban J connectivity index is 2.83. The van der Waals surface area contributed by atoms with Crippen molar-refractivity contribution in [1.29, 1.82) is 0 Å². The van der Waals surface area contributed by atoms with Crippen molar-refractivity contribution in [2.24, 2.45) is 5.92 Å². The molecular weight excluding hydrogens is 290 g/mol. The van der Waals surface area contributed by atoms with Gasteiger partial charge in [-0.15, -0.1) is 0 Å². The number of hydrogen-bond donors (Lipinski definition) is 2. The number of carboxylic acids is 1. The zero-order chi connectivity index (χ0) is 16.2. The Hall–Kier alpha value is -1.40. The lowest BCUT2D eigenvalue weighted by Crippen LogP contribution is -2.39. The largest absolute Gasteiger partial charge is 0.480 e. The number of carboxylic acid groups (broad SMARTS) is 1. The van der Waals surface area contributed by atoms with Gasteiger partial charge in [-0.3, -0.25) is 10.1 Å². The van der Waals surface area contributed by atoms with E-state index in [0.29, 0.717) is 6.42 Å². The average molecular weight is 313 g/mol. The molecular formula is C15H23NO4S. The Morgan fingerprint density at radius 1 is 1.19 bits per heavy atom. The lowest BCUT2D eigenvalue weighted by molar-refractivity contribution is -0.140. The molecule has 2 unspecified atom stereocenters. The Kier molecular flexibility index (Phi) is 5.92. The van der Waals surface area contributed by atoms with Crippen molar-refractivity contribution in [3.8, 4) is 0 Å². The molecule has 0 saturated heterocycles. The highest BCUT2D eigenvalue weighted by Crippen LogP contribution is 2.18. The molecule has 6 heteroatoms. The highest BCUT2D eigenvalue weighted by Gasteiger charge is 2.21. The maximum atomic E-state index is 11.4. The molecule has 0 amide bonds. The molecule has 0 radical (unpaired) electrons. The Bertz CT molecular complexity index is 578. The van der Waals surface area contributed by atoms with Crippen LogP contribution in [0.1, 0.15) is 38.8 Å². The first-order valence-electron chi connectivity index (χ1n) is 6.90. The minimum atomic E-state index is -3.21. The van der Waals surface area contributed by atoms with Crippen LogP contribution in [0.4, 0.5) is 0 Å². The molecule has 0 heterocycles. The molecule has 2 atom stereocenters. The third-order valence-corrected chi connectivity index (χ3v) is 4.39. The highest BCUT2D eigenvalue weighted by atomic mass is 32.2. The first-order chi connectivity index (χ1) is 9.61. The van der Waals surface area contributed by atoms with E-state index in [2.05, 4.69) is 5.32 Å². The predicted octanol–water partition coefficient (Wildman–Crippen LogP) is 2.24. The van der Waals surface area contributed by atoms with Crippen LogP contribution < -0.4 is 5.32 Å². The van der Waals surface area contributed by atoms with Gasteiger partial charge in [0.05, 0.1) is 4.90 Å². The van der Waals surface area contributed by atoms with Crippen molar-refractivity contribution < 1.29 is 18.3 Å². The molecule has 1 aromatic carbocycles.